The number of pyridine rings is 1. The zero-order chi connectivity index (χ0) is 23.3. The largest absolute Gasteiger partial charge is 0.420 e. The smallest absolute Gasteiger partial charge is 0.356 e. The Morgan fingerprint density at radius 2 is 2.03 bits per heavy atom. The normalized spacial score (nSPS) is 21.5. The van der Waals surface area contributed by atoms with Gasteiger partial charge in [0.05, 0.1) is 10.9 Å². The first-order valence-corrected chi connectivity index (χ1v) is 11.4. The van der Waals surface area contributed by atoms with E-state index in [2.05, 4.69) is 30.8 Å². The Morgan fingerprint density at radius 1 is 1.12 bits per heavy atom. The van der Waals surface area contributed by atoms with Crippen LogP contribution in [-0.2, 0) is 10.9 Å². The molecule has 0 spiro atoms. The topological polar surface area (TPSA) is 94.2 Å². The Balaban J connectivity index is 1.57. The van der Waals surface area contributed by atoms with Crippen molar-refractivity contribution < 1.29 is 17.9 Å². The Bertz CT molecular complexity index is 1340. The first-order valence-electron chi connectivity index (χ1n) is 11.4. The quantitative estimate of drug-likeness (QED) is 0.468. The maximum Gasteiger partial charge on any atom is 0.420 e. The van der Waals surface area contributed by atoms with E-state index in [0.29, 0.717) is 36.1 Å². The van der Waals surface area contributed by atoms with Crippen LogP contribution in [0.25, 0.3) is 27.9 Å². The van der Waals surface area contributed by atoms with Gasteiger partial charge in [0.15, 0.2) is 11.9 Å². The summed E-state index contributed by atoms with van der Waals surface area (Å²) in [6.07, 6.45) is 0.980. The molecule has 0 aliphatic carbocycles. The fraction of sp³-hybridized carbons (Fsp3) is 0.455. The predicted molar refractivity (Wildman–Crippen MR) is 118 cm³/mol. The highest BCUT2D eigenvalue weighted by Crippen LogP contribution is 2.40. The minimum atomic E-state index is -4.65. The molecule has 2 saturated heterocycles. The van der Waals surface area contributed by atoms with Crippen LogP contribution in [0.4, 0.5) is 19.1 Å². The second kappa shape index (κ2) is 8.20. The van der Waals surface area contributed by atoms with Gasteiger partial charge in [0.2, 0.25) is 5.95 Å². The van der Waals surface area contributed by atoms with Crippen molar-refractivity contribution in [3.05, 3.63) is 36.2 Å². The number of anilines is 1. The molecule has 0 amide bonds. The van der Waals surface area contributed by atoms with Crippen LogP contribution in [0.2, 0.25) is 0 Å². The SMILES string of the molecule is FC(F)(F)c1cnc(N[C@H]2CCNC2)nc1-c1nn(C2CCCCO2)c2nn3ccccc3c12. The number of rotatable bonds is 4. The first kappa shape index (κ1) is 21.3. The van der Waals surface area contributed by atoms with E-state index in [9.17, 15) is 13.2 Å². The summed E-state index contributed by atoms with van der Waals surface area (Å²) in [7, 11) is 0. The maximum atomic E-state index is 14.1. The van der Waals surface area contributed by atoms with E-state index in [1.807, 2.05) is 18.2 Å². The van der Waals surface area contributed by atoms with E-state index >= 15 is 0 Å². The maximum absolute atomic E-state index is 14.1. The molecule has 1 unspecified atom stereocenters. The number of nitrogens with zero attached hydrogens (tertiary/aromatic N) is 6. The van der Waals surface area contributed by atoms with E-state index in [-0.39, 0.29) is 23.4 Å². The van der Waals surface area contributed by atoms with E-state index in [0.717, 1.165) is 32.0 Å². The van der Waals surface area contributed by atoms with Crippen molar-refractivity contribution in [2.75, 3.05) is 25.0 Å². The van der Waals surface area contributed by atoms with E-state index in [1.165, 1.54) is 0 Å². The number of hydrogen-bond acceptors (Lipinski definition) is 7. The minimum absolute atomic E-state index is 0.0507. The Morgan fingerprint density at radius 3 is 2.79 bits per heavy atom. The zero-order valence-electron chi connectivity index (χ0n) is 18.2. The lowest BCUT2D eigenvalue weighted by atomic mass is 10.1. The molecule has 2 aliphatic rings. The molecule has 0 aromatic carbocycles. The van der Waals surface area contributed by atoms with Crippen LogP contribution in [0.15, 0.2) is 30.6 Å². The fourth-order valence-electron chi connectivity index (χ4n) is 4.66. The van der Waals surface area contributed by atoms with Gasteiger partial charge in [-0.1, -0.05) is 6.07 Å². The molecule has 2 atom stereocenters. The van der Waals surface area contributed by atoms with Gasteiger partial charge in [-0.05, 0) is 44.4 Å². The lowest BCUT2D eigenvalue weighted by molar-refractivity contribution is -0.137. The van der Waals surface area contributed by atoms with Crippen LogP contribution in [-0.4, -0.2) is 55.1 Å². The van der Waals surface area contributed by atoms with Gasteiger partial charge in [-0.25, -0.2) is 19.2 Å². The number of aromatic nitrogens is 6. The molecule has 6 rings (SSSR count). The lowest BCUT2D eigenvalue weighted by Crippen LogP contribution is -2.24. The Kier molecular flexibility index (Phi) is 5.14. The standard InChI is InChI=1S/C22H23F3N8O/c23-22(24,25)14-12-27-21(28-13-7-8-26-11-13)29-18(14)19-17-15-5-1-3-9-32(15)31-20(17)33(30-19)16-6-2-4-10-34-16/h1,3,5,9,12-13,16,26H,2,4,6-8,10-11H2,(H,27,28,29)/t13-,16?/m0/s1. The molecule has 0 bridgehead atoms. The summed E-state index contributed by atoms with van der Waals surface area (Å²) in [5.41, 5.74) is 0.0288. The summed E-state index contributed by atoms with van der Waals surface area (Å²) in [4.78, 5) is 8.32. The number of hydrogen-bond donors (Lipinski definition) is 2. The zero-order valence-corrected chi connectivity index (χ0v) is 18.2. The summed E-state index contributed by atoms with van der Waals surface area (Å²) < 4.78 is 51.4. The highest BCUT2D eigenvalue weighted by atomic mass is 19.4. The van der Waals surface area contributed by atoms with E-state index < -0.39 is 18.0 Å². The van der Waals surface area contributed by atoms with Crippen LogP contribution in [0.5, 0.6) is 0 Å². The molecule has 4 aromatic rings. The molecule has 12 heteroatoms. The molecule has 6 heterocycles. The van der Waals surface area contributed by atoms with Crippen LogP contribution >= 0.6 is 0 Å². The highest BCUT2D eigenvalue weighted by molar-refractivity contribution is 6.03. The van der Waals surface area contributed by atoms with Gasteiger partial charge in [-0.15, -0.1) is 5.10 Å². The summed E-state index contributed by atoms with van der Waals surface area (Å²) in [5, 5.41) is 16.1. The molecule has 2 aliphatic heterocycles. The average molecular weight is 472 g/mol. The molecular formula is C22H23F3N8O. The third-order valence-corrected chi connectivity index (χ3v) is 6.32. The molecule has 4 aromatic heterocycles. The molecule has 9 nitrogen and oxygen atoms in total. The molecular weight excluding hydrogens is 449 g/mol. The number of ether oxygens (including phenoxy) is 1. The minimum Gasteiger partial charge on any atom is -0.356 e. The van der Waals surface area contributed by atoms with Crippen LogP contribution < -0.4 is 10.6 Å². The van der Waals surface area contributed by atoms with Gasteiger partial charge in [-0.3, -0.25) is 0 Å². The van der Waals surface area contributed by atoms with Gasteiger partial charge >= 0.3 is 6.18 Å². The first-order chi connectivity index (χ1) is 16.5. The van der Waals surface area contributed by atoms with Crippen LogP contribution in [0.1, 0.15) is 37.5 Å². The molecule has 0 saturated carbocycles. The number of fused-ring (bicyclic) bond motifs is 3. The number of alkyl halides is 3. The lowest BCUT2D eigenvalue weighted by Gasteiger charge is -2.22. The van der Waals surface area contributed by atoms with Crippen molar-refractivity contribution in [1.82, 2.24) is 34.7 Å². The van der Waals surface area contributed by atoms with Crippen molar-refractivity contribution >= 4 is 22.5 Å². The second-order valence-corrected chi connectivity index (χ2v) is 8.63. The number of halogens is 3. The van der Waals surface area contributed by atoms with Crippen molar-refractivity contribution in [3.8, 4) is 11.4 Å². The molecule has 2 fully saturated rings. The summed E-state index contributed by atoms with van der Waals surface area (Å²) in [6.45, 7) is 2.10. The molecule has 178 valence electrons. The van der Waals surface area contributed by atoms with E-state index in [4.69, 9.17) is 4.74 Å². The van der Waals surface area contributed by atoms with Gasteiger partial charge in [-0.2, -0.15) is 18.3 Å². The Labute approximate surface area is 192 Å². The Hall–Kier alpha value is -3.25. The van der Waals surface area contributed by atoms with Gasteiger partial charge in [0.25, 0.3) is 0 Å². The van der Waals surface area contributed by atoms with Crippen molar-refractivity contribution in [1.29, 1.82) is 0 Å². The molecule has 2 N–H and O–H groups in total. The third-order valence-electron chi connectivity index (χ3n) is 6.32. The summed E-state index contributed by atoms with van der Waals surface area (Å²) >= 11 is 0. The monoisotopic (exact) mass is 472 g/mol. The second-order valence-electron chi connectivity index (χ2n) is 8.63. The van der Waals surface area contributed by atoms with Gasteiger partial charge < -0.3 is 15.4 Å². The van der Waals surface area contributed by atoms with Crippen molar-refractivity contribution in [3.63, 3.8) is 0 Å². The molecule has 0 radical (unpaired) electrons. The van der Waals surface area contributed by atoms with Crippen LogP contribution in [0.3, 0.4) is 0 Å². The predicted octanol–water partition coefficient (Wildman–Crippen LogP) is 3.63. The van der Waals surface area contributed by atoms with Gasteiger partial charge in [0, 0.05) is 31.6 Å². The third kappa shape index (κ3) is 3.66. The van der Waals surface area contributed by atoms with E-state index in [1.54, 1.807) is 15.4 Å². The highest BCUT2D eigenvalue weighted by Gasteiger charge is 2.38. The van der Waals surface area contributed by atoms with Gasteiger partial charge in [0.1, 0.15) is 17.0 Å². The van der Waals surface area contributed by atoms with Crippen LogP contribution in [0, 0.1) is 0 Å². The summed E-state index contributed by atoms with van der Waals surface area (Å²) in [6, 6.07) is 5.50. The molecule has 34 heavy (non-hydrogen) atoms. The average Bonchev–Trinajstić information content (AvgIpc) is 3.55. The van der Waals surface area contributed by atoms with Crippen molar-refractivity contribution in [2.24, 2.45) is 0 Å². The number of nitrogens with one attached hydrogen (secondary N) is 2. The summed E-state index contributed by atoms with van der Waals surface area (Å²) in [5.74, 6) is 0.143. The van der Waals surface area contributed by atoms with Crippen molar-refractivity contribution in [2.45, 2.75) is 44.1 Å². The fourth-order valence-corrected chi connectivity index (χ4v) is 4.66.